The molecule has 0 N–H and O–H groups in total. The van der Waals surface area contributed by atoms with Crippen molar-refractivity contribution in [3.8, 4) is 28.8 Å². The van der Waals surface area contributed by atoms with Gasteiger partial charge in [-0.25, -0.2) is 19.0 Å². The summed E-state index contributed by atoms with van der Waals surface area (Å²) in [5, 5.41) is 0.618. The molecule has 48 heavy (non-hydrogen) atoms. The number of para-hydroxylation sites is 1. The first kappa shape index (κ1) is 32.9. The van der Waals surface area contributed by atoms with Crippen molar-refractivity contribution >= 4 is 16.7 Å². The highest BCUT2D eigenvalue weighted by atomic mass is 19.1. The summed E-state index contributed by atoms with van der Waals surface area (Å²) in [5.41, 5.74) is 2.52. The number of hydrogen-bond acceptors (Lipinski definition) is 9. The number of rotatable bonds is 14. The zero-order valence-electron chi connectivity index (χ0n) is 27.2. The van der Waals surface area contributed by atoms with Crippen molar-refractivity contribution in [2.75, 3.05) is 40.6 Å². The van der Waals surface area contributed by atoms with Crippen molar-refractivity contribution in [3.63, 3.8) is 0 Å². The van der Waals surface area contributed by atoms with Crippen molar-refractivity contribution in [1.29, 1.82) is 0 Å². The van der Waals surface area contributed by atoms with E-state index < -0.39 is 11.4 Å². The molecule has 3 heterocycles. The number of benzene rings is 3. The molecule has 0 amide bonds. The number of hydrogen-bond donors (Lipinski definition) is 0. The zero-order chi connectivity index (χ0) is 33.6. The number of methoxy groups -OCH3 is 2. The van der Waals surface area contributed by atoms with Gasteiger partial charge in [-0.2, -0.15) is 0 Å². The third-order valence-corrected chi connectivity index (χ3v) is 8.21. The van der Waals surface area contributed by atoms with E-state index in [1.165, 1.54) is 17.1 Å². The Bertz CT molecular complexity index is 2010. The number of carbonyl (C=O) groups excluding carboxylic acids is 1. The lowest BCUT2D eigenvalue weighted by Gasteiger charge is -2.19. The van der Waals surface area contributed by atoms with E-state index in [1.807, 2.05) is 13.0 Å². The Balaban J connectivity index is 1.25. The summed E-state index contributed by atoms with van der Waals surface area (Å²) < 4.78 is 46.2. The van der Waals surface area contributed by atoms with Crippen molar-refractivity contribution < 1.29 is 32.9 Å². The minimum absolute atomic E-state index is 0.00903. The number of halogens is 1. The van der Waals surface area contributed by atoms with Crippen LogP contribution in [0, 0.1) is 12.7 Å². The number of nitrogens with zero attached hydrogens (tertiary/aromatic N) is 4. The van der Waals surface area contributed by atoms with Crippen LogP contribution in [-0.4, -0.2) is 65.8 Å². The standard InChI is InChI=1S/C36H37FN4O7/c1-23-18-24(19-30(42)34-29-10-6-7-13-40(29)41(36(34)43)28-9-5-4-8-26(28)37)11-12-31(23)48-35-25-20-32(46-16-14-44-2)33(47-17-15-45-3)21-27(25)38-22-39-35/h4-5,8-9,11-12,18,20-22H,6-7,10,13-17,19H2,1-3H3. The van der Waals surface area contributed by atoms with Crippen LogP contribution in [0.1, 0.15) is 40.0 Å². The molecule has 5 aromatic rings. The minimum Gasteiger partial charge on any atom is -0.487 e. The van der Waals surface area contributed by atoms with Crippen molar-refractivity contribution in [1.82, 2.24) is 19.3 Å². The van der Waals surface area contributed by atoms with Gasteiger partial charge < -0.3 is 23.7 Å². The van der Waals surface area contributed by atoms with Crippen LogP contribution in [0.2, 0.25) is 0 Å². The molecule has 0 radical (unpaired) electrons. The average Bonchev–Trinajstić information content (AvgIpc) is 3.38. The second-order valence-electron chi connectivity index (χ2n) is 11.4. The molecule has 0 spiro atoms. The first-order chi connectivity index (χ1) is 23.4. The van der Waals surface area contributed by atoms with Gasteiger partial charge in [0.05, 0.1) is 29.8 Å². The van der Waals surface area contributed by atoms with E-state index in [1.54, 1.807) is 61.4 Å². The highest BCUT2D eigenvalue weighted by Gasteiger charge is 2.28. The second-order valence-corrected chi connectivity index (χ2v) is 11.4. The Labute approximate surface area is 276 Å². The topological polar surface area (TPSA) is 116 Å². The summed E-state index contributed by atoms with van der Waals surface area (Å²) >= 11 is 0. The summed E-state index contributed by atoms with van der Waals surface area (Å²) in [4.78, 5) is 36.1. The molecule has 0 fully saturated rings. The molecule has 1 aliphatic heterocycles. The van der Waals surface area contributed by atoms with Crippen molar-refractivity contribution in [2.24, 2.45) is 0 Å². The van der Waals surface area contributed by atoms with Gasteiger partial charge in [-0.3, -0.25) is 14.3 Å². The molecule has 11 nitrogen and oxygen atoms in total. The molecule has 3 aromatic carbocycles. The lowest BCUT2D eigenvalue weighted by atomic mass is 9.98. The summed E-state index contributed by atoms with van der Waals surface area (Å²) in [7, 11) is 3.20. The van der Waals surface area contributed by atoms with Gasteiger partial charge in [0, 0.05) is 33.3 Å². The molecule has 12 heteroatoms. The van der Waals surface area contributed by atoms with E-state index in [4.69, 9.17) is 23.7 Å². The molecule has 0 saturated heterocycles. The van der Waals surface area contributed by atoms with Crippen LogP contribution in [0.3, 0.4) is 0 Å². The molecule has 0 bridgehead atoms. The van der Waals surface area contributed by atoms with E-state index >= 15 is 0 Å². The van der Waals surface area contributed by atoms with Crippen LogP contribution in [0.4, 0.5) is 4.39 Å². The molecule has 0 aliphatic carbocycles. The Morgan fingerprint density at radius 1 is 0.896 bits per heavy atom. The number of fused-ring (bicyclic) bond motifs is 2. The molecule has 0 atom stereocenters. The number of Topliss-reactive ketones (excluding diaryl/α,β-unsaturated/α-hetero) is 1. The summed E-state index contributed by atoms with van der Waals surface area (Å²) in [5.74, 6) is 1.04. The molecular formula is C36H37FN4O7. The van der Waals surface area contributed by atoms with Gasteiger partial charge in [0.2, 0.25) is 5.88 Å². The Morgan fingerprint density at radius 2 is 1.65 bits per heavy atom. The van der Waals surface area contributed by atoms with E-state index in [2.05, 4.69) is 9.97 Å². The molecule has 250 valence electrons. The lowest BCUT2D eigenvalue weighted by Crippen LogP contribution is -2.25. The maximum atomic E-state index is 14.8. The Kier molecular flexibility index (Phi) is 10.1. The molecule has 0 unspecified atom stereocenters. The van der Waals surface area contributed by atoms with Crippen molar-refractivity contribution in [3.05, 3.63) is 99.5 Å². The Hall–Kier alpha value is -5.07. The Morgan fingerprint density at radius 3 is 2.38 bits per heavy atom. The number of aryl methyl sites for hydroxylation is 1. The van der Waals surface area contributed by atoms with Crippen molar-refractivity contribution in [2.45, 2.75) is 39.2 Å². The lowest BCUT2D eigenvalue weighted by molar-refractivity contribution is 0.0990. The third kappa shape index (κ3) is 6.80. The first-order valence-electron chi connectivity index (χ1n) is 15.8. The van der Waals surface area contributed by atoms with Crippen LogP contribution < -0.4 is 19.8 Å². The fourth-order valence-corrected chi connectivity index (χ4v) is 5.91. The molecule has 0 saturated carbocycles. The highest BCUT2D eigenvalue weighted by molar-refractivity contribution is 5.98. The molecule has 6 rings (SSSR count). The van der Waals surface area contributed by atoms with Gasteiger partial charge in [-0.05, 0) is 61.6 Å². The maximum absolute atomic E-state index is 14.8. The number of ketones is 1. The summed E-state index contributed by atoms with van der Waals surface area (Å²) in [6, 6.07) is 15.1. The van der Waals surface area contributed by atoms with Gasteiger partial charge in [0.25, 0.3) is 5.56 Å². The number of carbonyl (C=O) groups is 1. The van der Waals surface area contributed by atoms with Crippen LogP contribution in [-0.2, 0) is 28.9 Å². The average molecular weight is 657 g/mol. The van der Waals surface area contributed by atoms with Gasteiger partial charge >= 0.3 is 0 Å². The van der Waals surface area contributed by atoms with Gasteiger partial charge in [-0.15, -0.1) is 0 Å². The maximum Gasteiger partial charge on any atom is 0.282 e. The van der Waals surface area contributed by atoms with Crippen LogP contribution in [0.25, 0.3) is 16.6 Å². The third-order valence-electron chi connectivity index (χ3n) is 8.21. The predicted octanol–water partition coefficient (Wildman–Crippen LogP) is 5.63. The monoisotopic (exact) mass is 656 g/mol. The minimum atomic E-state index is -0.516. The van der Waals surface area contributed by atoms with E-state index in [-0.39, 0.29) is 23.5 Å². The number of ether oxygens (including phenoxy) is 5. The molecule has 2 aromatic heterocycles. The van der Waals surface area contributed by atoms with Gasteiger partial charge in [0.15, 0.2) is 17.3 Å². The summed E-state index contributed by atoms with van der Waals surface area (Å²) in [6.45, 7) is 3.87. The smallest absolute Gasteiger partial charge is 0.282 e. The largest absolute Gasteiger partial charge is 0.487 e. The van der Waals surface area contributed by atoms with Gasteiger partial charge in [0.1, 0.15) is 42.4 Å². The molecule has 1 aliphatic rings. The normalized spacial score (nSPS) is 12.6. The van der Waals surface area contributed by atoms with E-state index in [0.29, 0.717) is 79.1 Å². The van der Waals surface area contributed by atoms with Crippen LogP contribution >= 0.6 is 0 Å². The van der Waals surface area contributed by atoms with Crippen LogP contribution in [0.15, 0.2) is 65.7 Å². The highest BCUT2D eigenvalue weighted by Crippen LogP contribution is 2.37. The quantitative estimate of drug-likeness (QED) is 0.111. The number of aromatic nitrogens is 4. The van der Waals surface area contributed by atoms with E-state index in [9.17, 15) is 14.0 Å². The second kappa shape index (κ2) is 14.8. The van der Waals surface area contributed by atoms with Gasteiger partial charge in [-0.1, -0.05) is 24.3 Å². The van der Waals surface area contributed by atoms with Crippen LogP contribution in [0.5, 0.6) is 23.1 Å². The fraction of sp³-hybridized carbons (Fsp3) is 0.333. The zero-order valence-corrected chi connectivity index (χ0v) is 27.2. The van der Waals surface area contributed by atoms with E-state index in [0.717, 1.165) is 24.0 Å². The predicted molar refractivity (Wildman–Crippen MR) is 176 cm³/mol. The first-order valence-corrected chi connectivity index (χ1v) is 15.8. The summed E-state index contributed by atoms with van der Waals surface area (Å²) in [6.07, 6.45) is 3.70. The SMILES string of the molecule is COCCOc1cc2ncnc(Oc3ccc(CC(=O)c4c5n(n(-c6ccccc6F)c4=O)CCCC5)cc3C)c2cc1OCCOC. The fourth-order valence-electron chi connectivity index (χ4n) is 5.91. The molecular weight excluding hydrogens is 619 g/mol.